The molecule has 0 atom stereocenters. The summed E-state index contributed by atoms with van der Waals surface area (Å²) in [6.45, 7) is 5.09. The Hall–Kier alpha value is -2.01. The number of benzene rings is 1. The van der Waals surface area contributed by atoms with Crippen LogP contribution < -0.4 is 20.1 Å². The molecular formula is C15H22N2O3. The third kappa shape index (κ3) is 5.32. The van der Waals surface area contributed by atoms with E-state index in [9.17, 15) is 4.79 Å². The summed E-state index contributed by atoms with van der Waals surface area (Å²) in [5.74, 6) is 1.38. The third-order valence-electron chi connectivity index (χ3n) is 2.76. The van der Waals surface area contributed by atoms with Crippen LogP contribution in [0.4, 0.5) is 0 Å². The highest BCUT2D eigenvalue weighted by molar-refractivity contribution is 5.77. The quantitative estimate of drug-likeness (QED) is 0.525. The molecule has 20 heavy (non-hydrogen) atoms. The molecule has 1 aromatic rings. The highest BCUT2D eigenvalue weighted by Gasteiger charge is 2.05. The standard InChI is InChI=1S/C15H22N2O3/c1-4-8-16-11-15(18)17-9-7-12-5-6-13(19-2)14(10-12)20-3/h4-6,10,16H,1,7-9,11H2,2-3H3,(H,17,18). The van der Waals surface area contributed by atoms with Crippen LogP contribution in [0.15, 0.2) is 30.9 Å². The van der Waals surface area contributed by atoms with Gasteiger partial charge < -0.3 is 20.1 Å². The van der Waals surface area contributed by atoms with E-state index in [0.29, 0.717) is 31.1 Å². The number of hydrogen-bond donors (Lipinski definition) is 2. The highest BCUT2D eigenvalue weighted by Crippen LogP contribution is 2.27. The van der Waals surface area contributed by atoms with Crippen LogP contribution in [0.3, 0.4) is 0 Å². The first-order valence-corrected chi connectivity index (χ1v) is 6.50. The molecule has 1 rings (SSSR count). The summed E-state index contributed by atoms with van der Waals surface area (Å²) >= 11 is 0. The Labute approximate surface area is 120 Å². The van der Waals surface area contributed by atoms with E-state index in [-0.39, 0.29) is 5.91 Å². The van der Waals surface area contributed by atoms with Crippen molar-refractivity contribution in [1.82, 2.24) is 10.6 Å². The van der Waals surface area contributed by atoms with Gasteiger partial charge in [-0.2, -0.15) is 0 Å². The molecule has 0 spiro atoms. The number of ether oxygens (including phenoxy) is 2. The maximum Gasteiger partial charge on any atom is 0.233 e. The number of rotatable bonds is 9. The van der Waals surface area contributed by atoms with Crippen molar-refractivity contribution in [3.63, 3.8) is 0 Å². The van der Waals surface area contributed by atoms with Crippen LogP contribution in [0.2, 0.25) is 0 Å². The fraction of sp³-hybridized carbons (Fsp3) is 0.400. The van der Waals surface area contributed by atoms with E-state index in [4.69, 9.17) is 9.47 Å². The van der Waals surface area contributed by atoms with Gasteiger partial charge in [-0.15, -0.1) is 6.58 Å². The summed E-state index contributed by atoms with van der Waals surface area (Å²) in [6, 6.07) is 5.74. The van der Waals surface area contributed by atoms with Gasteiger partial charge in [-0.3, -0.25) is 4.79 Å². The van der Waals surface area contributed by atoms with Crippen LogP contribution in [0.25, 0.3) is 0 Å². The monoisotopic (exact) mass is 278 g/mol. The van der Waals surface area contributed by atoms with Crippen molar-refractivity contribution in [2.75, 3.05) is 33.9 Å². The van der Waals surface area contributed by atoms with Crippen molar-refractivity contribution in [2.45, 2.75) is 6.42 Å². The molecule has 0 aliphatic heterocycles. The lowest BCUT2D eigenvalue weighted by Crippen LogP contribution is -2.34. The Morgan fingerprint density at radius 1 is 1.30 bits per heavy atom. The van der Waals surface area contributed by atoms with Crippen LogP contribution in [0.5, 0.6) is 11.5 Å². The van der Waals surface area contributed by atoms with Crippen LogP contribution in [0, 0.1) is 0 Å². The van der Waals surface area contributed by atoms with Crippen molar-refractivity contribution in [3.05, 3.63) is 36.4 Å². The zero-order chi connectivity index (χ0) is 14.8. The van der Waals surface area contributed by atoms with Gasteiger partial charge in [-0.25, -0.2) is 0 Å². The fourth-order valence-corrected chi connectivity index (χ4v) is 1.73. The maximum atomic E-state index is 11.5. The van der Waals surface area contributed by atoms with E-state index in [1.807, 2.05) is 18.2 Å². The van der Waals surface area contributed by atoms with Gasteiger partial charge in [-0.1, -0.05) is 12.1 Å². The molecule has 0 unspecified atom stereocenters. The Bertz CT molecular complexity index is 447. The smallest absolute Gasteiger partial charge is 0.233 e. The second-order valence-electron chi connectivity index (χ2n) is 4.21. The van der Waals surface area contributed by atoms with Crippen LogP contribution >= 0.6 is 0 Å². The molecule has 110 valence electrons. The summed E-state index contributed by atoms with van der Waals surface area (Å²) in [5, 5.41) is 5.80. The zero-order valence-electron chi connectivity index (χ0n) is 12.1. The van der Waals surface area contributed by atoms with Crippen molar-refractivity contribution < 1.29 is 14.3 Å². The lowest BCUT2D eigenvalue weighted by atomic mass is 10.1. The molecule has 0 bridgehead atoms. The molecule has 0 saturated carbocycles. The first-order chi connectivity index (χ1) is 9.71. The second-order valence-corrected chi connectivity index (χ2v) is 4.21. The van der Waals surface area contributed by atoms with Crippen molar-refractivity contribution in [3.8, 4) is 11.5 Å². The van der Waals surface area contributed by atoms with Gasteiger partial charge in [0.2, 0.25) is 5.91 Å². The molecule has 5 heteroatoms. The molecular weight excluding hydrogens is 256 g/mol. The van der Waals surface area contributed by atoms with Gasteiger partial charge in [-0.05, 0) is 24.1 Å². The predicted molar refractivity (Wildman–Crippen MR) is 79.3 cm³/mol. The number of nitrogens with one attached hydrogen (secondary N) is 2. The van der Waals surface area contributed by atoms with Gasteiger partial charge in [0, 0.05) is 13.1 Å². The first-order valence-electron chi connectivity index (χ1n) is 6.50. The summed E-state index contributed by atoms with van der Waals surface area (Å²) in [6.07, 6.45) is 2.46. The third-order valence-corrected chi connectivity index (χ3v) is 2.76. The lowest BCUT2D eigenvalue weighted by Gasteiger charge is -2.10. The van der Waals surface area contributed by atoms with Gasteiger partial charge >= 0.3 is 0 Å². The fourth-order valence-electron chi connectivity index (χ4n) is 1.73. The molecule has 0 aliphatic carbocycles. The minimum Gasteiger partial charge on any atom is -0.493 e. The average Bonchev–Trinajstić information content (AvgIpc) is 2.47. The molecule has 0 aliphatic rings. The summed E-state index contributed by atoms with van der Waals surface area (Å²) < 4.78 is 10.4. The van der Waals surface area contributed by atoms with Crippen LogP contribution in [-0.4, -0.2) is 39.8 Å². The van der Waals surface area contributed by atoms with E-state index in [1.165, 1.54) is 0 Å². The largest absolute Gasteiger partial charge is 0.493 e. The van der Waals surface area contributed by atoms with E-state index in [1.54, 1.807) is 20.3 Å². The Balaban J connectivity index is 2.38. The number of carbonyl (C=O) groups is 1. The minimum absolute atomic E-state index is 0.0210. The molecule has 2 N–H and O–H groups in total. The van der Waals surface area contributed by atoms with Crippen molar-refractivity contribution in [2.24, 2.45) is 0 Å². The molecule has 1 aromatic carbocycles. The molecule has 0 radical (unpaired) electrons. The molecule has 0 fully saturated rings. The average molecular weight is 278 g/mol. The number of hydrogen-bond acceptors (Lipinski definition) is 4. The molecule has 5 nitrogen and oxygen atoms in total. The normalized spacial score (nSPS) is 9.90. The van der Waals surface area contributed by atoms with Crippen molar-refractivity contribution in [1.29, 1.82) is 0 Å². The van der Waals surface area contributed by atoms with Gasteiger partial charge in [0.05, 0.1) is 20.8 Å². The van der Waals surface area contributed by atoms with E-state index in [0.717, 1.165) is 12.0 Å². The Morgan fingerprint density at radius 3 is 2.70 bits per heavy atom. The number of methoxy groups -OCH3 is 2. The summed E-state index contributed by atoms with van der Waals surface area (Å²) in [5.41, 5.74) is 1.09. The van der Waals surface area contributed by atoms with Crippen LogP contribution in [-0.2, 0) is 11.2 Å². The molecule has 0 saturated heterocycles. The first kappa shape index (κ1) is 16.0. The van der Waals surface area contributed by atoms with E-state index >= 15 is 0 Å². The van der Waals surface area contributed by atoms with Crippen molar-refractivity contribution >= 4 is 5.91 Å². The SMILES string of the molecule is C=CCNCC(=O)NCCc1ccc(OC)c(OC)c1. The van der Waals surface area contributed by atoms with E-state index in [2.05, 4.69) is 17.2 Å². The highest BCUT2D eigenvalue weighted by atomic mass is 16.5. The lowest BCUT2D eigenvalue weighted by molar-refractivity contribution is -0.120. The van der Waals surface area contributed by atoms with Gasteiger partial charge in [0.1, 0.15) is 0 Å². The van der Waals surface area contributed by atoms with Crippen LogP contribution in [0.1, 0.15) is 5.56 Å². The number of amides is 1. The van der Waals surface area contributed by atoms with Gasteiger partial charge in [0.15, 0.2) is 11.5 Å². The topological polar surface area (TPSA) is 59.6 Å². The zero-order valence-corrected chi connectivity index (χ0v) is 12.1. The molecule has 0 aromatic heterocycles. The second kappa shape index (κ2) is 8.98. The minimum atomic E-state index is -0.0210. The number of carbonyl (C=O) groups excluding carboxylic acids is 1. The van der Waals surface area contributed by atoms with E-state index < -0.39 is 0 Å². The Morgan fingerprint density at radius 2 is 2.05 bits per heavy atom. The van der Waals surface area contributed by atoms with Gasteiger partial charge in [0.25, 0.3) is 0 Å². The Kier molecular flexibility index (Phi) is 7.21. The maximum absolute atomic E-state index is 11.5. The summed E-state index contributed by atoms with van der Waals surface area (Å²) in [4.78, 5) is 11.5. The molecule has 0 heterocycles. The predicted octanol–water partition coefficient (Wildman–Crippen LogP) is 1.14. The summed E-state index contributed by atoms with van der Waals surface area (Å²) in [7, 11) is 3.21. The molecule has 1 amide bonds.